The standard InChI is InChI=1S/C22H29ClN2O2/c1-14(21(26)27-22(2,3)4)19(17-7-5-6-15(12-17)13-24)20(25)16-8-10-18(23)11-9-16/h5-12,14,19-20H,13,24-25H2,1-4H3. The molecule has 2 rings (SSSR count). The zero-order chi connectivity index (χ0) is 20.2. The van der Waals surface area contributed by atoms with E-state index in [1.165, 1.54) is 0 Å². The van der Waals surface area contributed by atoms with Crippen LogP contribution in [0.1, 0.15) is 56.3 Å². The van der Waals surface area contributed by atoms with Gasteiger partial charge in [-0.3, -0.25) is 4.79 Å². The van der Waals surface area contributed by atoms with Gasteiger partial charge < -0.3 is 16.2 Å². The Labute approximate surface area is 166 Å². The van der Waals surface area contributed by atoms with Crippen LogP contribution in [0, 0.1) is 5.92 Å². The molecule has 0 bridgehead atoms. The molecular formula is C22H29ClN2O2. The minimum atomic E-state index is -0.556. The lowest BCUT2D eigenvalue weighted by atomic mass is 9.78. The number of benzene rings is 2. The van der Waals surface area contributed by atoms with Crippen LogP contribution in [0.3, 0.4) is 0 Å². The Bertz CT molecular complexity index is 769. The molecular weight excluding hydrogens is 360 g/mol. The molecule has 0 aromatic heterocycles. The molecule has 3 unspecified atom stereocenters. The molecule has 0 radical (unpaired) electrons. The van der Waals surface area contributed by atoms with Crippen LogP contribution in [0.4, 0.5) is 0 Å². The van der Waals surface area contributed by atoms with Crippen molar-refractivity contribution in [1.29, 1.82) is 0 Å². The van der Waals surface area contributed by atoms with Gasteiger partial charge in [-0.05, 0) is 49.6 Å². The minimum Gasteiger partial charge on any atom is -0.460 e. The van der Waals surface area contributed by atoms with E-state index in [-0.39, 0.29) is 11.9 Å². The zero-order valence-electron chi connectivity index (χ0n) is 16.4. The van der Waals surface area contributed by atoms with Crippen LogP contribution in [-0.4, -0.2) is 11.6 Å². The van der Waals surface area contributed by atoms with Crippen molar-refractivity contribution in [3.05, 3.63) is 70.2 Å². The van der Waals surface area contributed by atoms with Crippen LogP contribution in [-0.2, 0) is 16.1 Å². The third-order valence-electron chi connectivity index (χ3n) is 4.53. The minimum absolute atomic E-state index is 0.257. The Balaban J connectivity index is 2.43. The summed E-state index contributed by atoms with van der Waals surface area (Å²) in [7, 11) is 0. The molecule has 0 heterocycles. The van der Waals surface area contributed by atoms with Crippen molar-refractivity contribution in [3.63, 3.8) is 0 Å². The maximum Gasteiger partial charge on any atom is 0.309 e. The van der Waals surface area contributed by atoms with Gasteiger partial charge in [0.2, 0.25) is 0 Å². The maximum absolute atomic E-state index is 12.8. The van der Waals surface area contributed by atoms with Crippen LogP contribution in [0.25, 0.3) is 0 Å². The summed E-state index contributed by atoms with van der Waals surface area (Å²) in [6, 6.07) is 14.9. The molecule has 4 N–H and O–H groups in total. The highest BCUT2D eigenvalue weighted by Crippen LogP contribution is 2.37. The van der Waals surface area contributed by atoms with Crippen molar-refractivity contribution in [3.8, 4) is 0 Å². The van der Waals surface area contributed by atoms with E-state index in [4.69, 9.17) is 27.8 Å². The fraction of sp³-hybridized carbons (Fsp3) is 0.409. The molecule has 5 heteroatoms. The Morgan fingerprint density at radius 1 is 1.11 bits per heavy atom. The van der Waals surface area contributed by atoms with E-state index < -0.39 is 17.6 Å². The Hall–Kier alpha value is -1.88. The third kappa shape index (κ3) is 5.80. The van der Waals surface area contributed by atoms with Crippen molar-refractivity contribution in [2.24, 2.45) is 17.4 Å². The summed E-state index contributed by atoms with van der Waals surface area (Å²) in [5.74, 6) is -0.953. The summed E-state index contributed by atoms with van der Waals surface area (Å²) in [4.78, 5) is 12.8. The Morgan fingerprint density at radius 3 is 2.30 bits per heavy atom. The number of ether oxygens (including phenoxy) is 1. The number of halogens is 1. The highest BCUT2D eigenvalue weighted by Gasteiger charge is 2.34. The highest BCUT2D eigenvalue weighted by molar-refractivity contribution is 6.30. The van der Waals surface area contributed by atoms with Crippen LogP contribution < -0.4 is 11.5 Å². The van der Waals surface area contributed by atoms with Gasteiger partial charge in [0.1, 0.15) is 5.60 Å². The summed E-state index contributed by atoms with van der Waals surface area (Å²) in [5.41, 5.74) is 14.8. The van der Waals surface area contributed by atoms with Gasteiger partial charge >= 0.3 is 5.97 Å². The predicted octanol–water partition coefficient (Wildman–Crippen LogP) is 4.56. The monoisotopic (exact) mass is 388 g/mol. The zero-order valence-corrected chi connectivity index (χ0v) is 17.2. The first-order valence-corrected chi connectivity index (χ1v) is 9.53. The molecule has 4 nitrogen and oxygen atoms in total. The summed E-state index contributed by atoms with van der Waals surface area (Å²) >= 11 is 6.01. The second kappa shape index (κ2) is 8.87. The lowest BCUT2D eigenvalue weighted by Crippen LogP contribution is -2.34. The second-order valence-corrected chi connectivity index (χ2v) is 8.31. The van der Waals surface area contributed by atoms with Crippen molar-refractivity contribution in [2.75, 3.05) is 0 Å². The van der Waals surface area contributed by atoms with E-state index >= 15 is 0 Å². The molecule has 0 spiro atoms. The molecule has 2 aromatic rings. The molecule has 0 saturated heterocycles. The molecule has 2 aromatic carbocycles. The van der Waals surface area contributed by atoms with Gasteiger partial charge in [-0.1, -0.05) is 54.9 Å². The first kappa shape index (κ1) is 21.4. The molecule has 0 saturated carbocycles. The predicted molar refractivity (Wildman–Crippen MR) is 110 cm³/mol. The normalized spacial score (nSPS) is 15.1. The first-order valence-electron chi connectivity index (χ1n) is 9.15. The molecule has 27 heavy (non-hydrogen) atoms. The fourth-order valence-electron chi connectivity index (χ4n) is 3.17. The van der Waals surface area contributed by atoms with E-state index in [2.05, 4.69) is 0 Å². The number of hydrogen-bond donors (Lipinski definition) is 2. The van der Waals surface area contributed by atoms with Gasteiger partial charge in [0.25, 0.3) is 0 Å². The summed E-state index contributed by atoms with van der Waals surface area (Å²) in [6.07, 6.45) is 0. The van der Waals surface area contributed by atoms with Gasteiger partial charge in [-0.15, -0.1) is 0 Å². The van der Waals surface area contributed by atoms with Gasteiger partial charge in [-0.25, -0.2) is 0 Å². The summed E-state index contributed by atoms with van der Waals surface area (Å²) < 4.78 is 5.62. The van der Waals surface area contributed by atoms with Crippen molar-refractivity contribution < 1.29 is 9.53 Å². The quantitative estimate of drug-likeness (QED) is 0.711. The van der Waals surface area contributed by atoms with Crippen LogP contribution in [0.5, 0.6) is 0 Å². The topological polar surface area (TPSA) is 78.3 Å². The Kier molecular flexibility index (Phi) is 7.04. The third-order valence-corrected chi connectivity index (χ3v) is 4.78. The molecule has 0 fully saturated rings. The Morgan fingerprint density at radius 2 is 1.74 bits per heavy atom. The van der Waals surface area contributed by atoms with Gasteiger partial charge in [0, 0.05) is 23.5 Å². The lowest BCUT2D eigenvalue weighted by molar-refractivity contribution is -0.160. The van der Waals surface area contributed by atoms with Crippen molar-refractivity contribution in [1.82, 2.24) is 0 Å². The summed E-state index contributed by atoms with van der Waals surface area (Å²) in [6.45, 7) is 7.88. The smallest absolute Gasteiger partial charge is 0.309 e. The number of rotatable bonds is 6. The largest absolute Gasteiger partial charge is 0.460 e. The number of carbonyl (C=O) groups excluding carboxylic acids is 1. The van der Waals surface area contributed by atoms with Gasteiger partial charge in [0.15, 0.2) is 0 Å². The lowest BCUT2D eigenvalue weighted by Gasteiger charge is -2.31. The molecule has 0 aliphatic heterocycles. The van der Waals surface area contributed by atoms with E-state index in [1.54, 1.807) is 0 Å². The molecule has 0 aliphatic carbocycles. The number of esters is 1. The van der Waals surface area contributed by atoms with Crippen LogP contribution in [0.15, 0.2) is 48.5 Å². The van der Waals surface area contributed by atoms with E-state index in [0.29, 0.717) is 11.6 Å². The van der Waals surface area contributed by atoms with E-state index in [1.807, 2.05) is 76.2 Å². The number of hydrogen-bond acceptors (Lipinski definition) is 4. The molecule has 146 valence electrons. The van der Waals surface area contributed by atoms with E-state index in [9.17, 15) is 4.79 Å². The van der Waals surface area contributed by atoms with Gasteiger partial charge in [0.05, 0.1) is 5.92 Å². The average molecular weight is 389 g/mol. The van der Waals surface area contributed by atoms with Crippen LogP contribution >= 0.6 is 11.6 Å². The number of carbonyl (C=O) groups is 1. The molecule has 0 amide bonds. The average Bonchev–Trinajstić information content (AvgIpc) is 2.61. The first-order chi connectivity index (χ1) is 12.6. The maximum atomic E-state index is 12.8. The molecule has 3 atom stereocenters. The summed E-state index contributed by atoms with van der Waals surface area (Å²) in [5, 5.41) is 0.646. The van der Waals surface area contributed by atoms with Crippen molar-refractivity contribution in [2.45, 2.75) is 51.8 Å². The highest BCUT2D eigenvalue weighted by atomic mass is 35.5. The fourth-order valence-corrected chi connectivity index (χ4v) is 3.29. The van der Waals surface area contributed by atoms with Crippen LogP contribution in [0.2, 0.25) is 5.02 Å². The second-order valence-electron chi connectivity index (χ2n) is 7.87. The SMILES string of the molecule is CC(C(=O)OC(C)(C)C)C(c1cccc(CN)c1)C(N)c1ccc(Cl)cc1. The van der Waals surface area contributed by atoms with E-state index in [0.717, 1.165) is 16.7 Å². The molecule has 0 aliphatic rings. The van der Waals surface area contributed by atoms with Gasteiger partial charge in [-0.2, -0.15) is 0 Å². The van der Waals surface area contributed by atoms with Crippen molar-refractivity contribution >= 4 is 17.6 Å². The number of nitrogens with two attached hydrogens (primary N) is 2.